The zero-order valence-electron chi connectivity index (χ0n) is 16.5. The van der Waals surface area contributed by atoms with E-state index in [1.54, 1.807) is 7.11 Å². The fourth-order valence-electron chi connectivity index (χ4n) is 3.52. The molecule has 6 nitrogen and oxygen atoms in total. The first-order chi connectivity index (χ1) is 14.8. The maximum absolute atomic E-state index is 5.96. The molecule has 0 aliphatic heterocycles. The minimum atomic E-state index is 0.464. The van der Waals surface area contributed by atoms with Crippen LogP contribution in [0.4, 0.5) is 0 Å². The Kier molecular flexibility index (Phi) is 4.73. The fourth-order valence-corrected chi connectivity index (χ4v) is 3.52. The molecule has 0 fully saturated rings. The molecule has 0 aliphatic rings. The topological polar surface area (TPSA) is 66.0 Å². The Bertz CT molecular complexity index is 1270. The number of hydrogen-bond donors (Lipinski definition) is 0. The number of aromatic nitrogens is 4. The van der Waals surface area contributed by atoms with Crippen molar-refractivity contribution in [3.05, 3.63) is 96.1 Å². The minimum absolute atomic E-state index is 0.464. The van der Waals surface area contributed by atoms with E-state index in [-0.39, 0.29) is 0 Å². The van der Waals surface area contributed by atoms with Crippen LogP contribution in [0.25, 0.3) is 22.5 Å². The Morgan fingerprint density at radius 1 is 0.867 bits per heavy atom. The van der Waals surface area contributed by atoms with E-state index in [2.05, 4.69) is 33.0 Å². The molecule has 0 saturated heterocycles. The average Bonchev–Trinajstić information content (AvgIpc) is 3.40. The summed E-state index contributed by atoms with van der Waals surface area (Å²) < 4.78 is 13.3. The Balaban J connectivity index is 1.47. The van der Waals surface area contributed by atoms with Gasteiger partial charge in [0, 0.05) is 12.0 Å². The van der Waals surface area contributed by atoms with Crippen molar-refractivity contribution in [1.82, 2.24) is 19.7 Å². The van der Waals surface area contributed by atoms with E-state index in [1.165, 1.54) is 5.56 Å². The molecule has 6 heteroatoms. The van der Waals surface area contributed by atoms with Gasteiger partial charge in [0.15, 0.2) is 0 Å². The molecule has 0 spiro atoms. The van der Waals surface area contributed by atoms with Gasteiger partial charge < -0.3 is 13.7 Å². The zero-order chi connectivity index (χ0) is 20.3. The molecular formula is C24H20N4O2. The smallest absolute Gasteiger partial charge is 0.247 e. The van der Waals surface area contributed by atoms with Crippen molar-refractivity contribution in [3.8, 4) is 17.2 Å². The number of benzene rings is 3. The second kappa shape index (κ2) is 7.83. The van der Waals surface area contributed by atoms with Crippen LogP contribution >= 0.6 is 0 Å². The van der Waals surface area contributed by atoms with Crippen molar-refractivity contribution in [2.24, 2.45) is 0 Å². The van der Waals surface area contributed by atoms with Crippen molar-refractivity contribution in [2.75, 3.05) is 7.11 Å². The average molecular weight is 396 g/mol. The van der Waals surface area contributed by atoms with Gasteiger partial charge in [0.25, 0.3) is 0 Å². The highest BCUT2D eigenvalue weighted by Gasteiger charge is 2.15. The van der Waals surface area contributed by atoms with Crippen LogP contribution in [0, 0.1) is 0 Å². The second-order valence-corrected chi connectivity index (χ2v) is 6.99. The van der Waals surface area contributed by atoms with Gasteiger partial charge in [0.05, 0.1) is 18.1 Å². The van der Waals surface area contributed by atoms with Gasteiger partial charge in [-0.2, -0.15) is 0 Å². The number of hydrogen-bond acceptors (Lipinski definition) is 5. The number of nitrogens with zero attached hydrogens (tertiary/aromatic N) is 4. The van der Waals surface area contributed by atoms with E-state index in [1.807, 2.05) is 60.7 Å². The second-order valence-electron chi connectivity index (χ2n) is 6.99. The molecule has 0 N–H and O–H groups in total. The lowest BCUT2D eigenvalue weighted by molar-refractivity contribution is 0.415. The Morgan fingerprint density at radius 2 is 1.63 bits per heavy atom. The summed E-state index contributed by atoms with van der Waals surface area (Å²) in [5.74, 6) is 2.78. The van der Waals surface area contributed by atoms with Gasteiger partial charge in [-0.25, -0.2) is 4.98 Å². The van der Waals surface area contributed by atoms with Crippen LogP contribution in [0.5, 0.6) is 5.75 Å². The van der Waals surface area contributed by atoms with Gasteiger partial charge in [-0.1, -0.05) is 42.5 Å². The maximum Gasteiger partial charge on any atom is 0.247 e. The number of rotatable bonds is 6. The number of ether oxygens (including phenoxy) is 1. The molecule has 148 valence electrons. The van der Waals surface area contributed by atoms with Crippen molar-refractivity contribution in [1.29, 1.82) is 0 Å². The lowest BCUT2D eigenvalue weighted by atomic mass is 10.1. The molecule has 30 heavy (non-hydrogen) atoms. The Hall–Kier alpha value is -3.93. The number of fused-ring (bicyclic) bond motifs is 1. The Morgan fingerprint density at radius 3 is 2.43 bits per heavy atom. The van der Waals surface area contributed by atoms with Gasteiger partial charge in [-0.05, 0) is 42.0 Å². The van der Waals surface area contributed by atoms with E-state index < -0.39 is 0 Å². The summed E-state index contributed by atoms with van der Waals surface area (Å²) in [5, 5.41) is 8.49. The SMILES string of the molecule is COc1ccc(-c2nnc(Cn3c(Cc4ccccc4)nc4ccccc43)o2)cc1. The highest BCUT2D eigenvalue weighted by molar-refractivity contribution is 5.76. The maximum atomic E-state index is 5.96. The molecule has 0 amide bonds. The van der Waals surface area contributed by atoms with Crippen molar-refractivity contribution < 1.29 is 9.15 Å². The highest BCUT2D eigenvalue weighted by atomic mass is 16.5. The van der Waals surface area contributed by atoms with Crippen LogP contribution in [-0.2, 0) is 13.0 Å². The first kappa shape index (κ1) is 18.1. The molecule has 5 aromatic rings. The summed E-state index contributed by atoms with van der Waals surface area (Å²) in [5.41, 5.74) is 4.07. The molecular weight excluding hydrogens is 376 g/mol. The van der Waals surface area contributed by atoms with Crippen LogP contribution in [0.3, 0.4) is 0 Å². The zero-order valence-corrected chi connectivity index (χ0v) is 16.5. The molecule has 2 aromatic heterocycles. The van der Waals surface area contributed by atoms with Gasteiger partial charge >= 0.3 is 0 Å². The summed E-state index contributed by atoms with van der Waals surface area (Å²) in [6, 6.07) is 26.0. The molecule has 5 rings (SSSR count). The molecule has 0 radical (unpaired) electrons. The largest absolute Gasteiger partial charge is 0.497 e. The van der Waals surface area contributed by atoms with E-state index >= 15 is 0 Å². The number of methoxy groups -OCH3 is 1. The van der Waals surface area contributed by atoms with E-state index in [0.717, 1.165) is 34.6 Å². The molecule has 3 aromatic carbocycles. The van der Waals surface area contributed by atoms with Crippen LogP contribution in [-0.4, -0.2) is 26.9 Å². The molecule has 0 bridgehead atoms. The lowest BCUT2D eigenvalue weighted by Gasteiger charge is -2.07. The third-order valence-electron chi connectivity index (χ3n) is 5.04. The third-order valence-corrected chi connectivity index (χ3v) is 5.04. The fraction of sp³-hybridized carbons (Fsp3) is 0.125. The summed E-state index contributed by atoms with van der Waals surface area (Å²) in [4.78, 5) is 4.85. The Labute approximate surface area is 173 Å². The first-order valence-electron chi connectivity index (χ1n) is 9.75. The van der Waals surface area contributed by atoms with Crippen molar-refractivity contribution >= 4 is 11.0 Å². The number of imidazole rings is 1. The summed E-state index contributed by atoms with van der Waals surface area (Å²) in [7, 11) is 1.64. The third kappa shape index (κ3) is 3.55. The lowest BCUT2D eigenvalue weighted by Crippen LogP contribution is -2.06. The number of para-hydroxylation sites is 2. The molecule has 2 heterocycles. The molecule has 0 saturated carbocycles. The predicted octanol–water partition coefficient (Wildman–Crippen LogP) is 4.73. The van der Waals surface area contributed by atoms with Gasteiger partial charge in [-0.15, -0.1) is 10.2 Å². The highest BCUT2D eigenvalue weighted by Crippen LogP contribution is 2.23. The minimum Gasteiger partial charge on any atom is -0.497 e. The molecule has 0 atom stereocenters. The van der Waals surface area contributed by atoms with Gasteiger partial charge in [0.2, 0.25) is 11.8 Å². The van der Waals surface area contributed by atoms with E-state index in [0.29, 0.717) is 18.3 Å². The van der Waals surface area contributed by atoms with E-state index in [9.17, 15) is 0 Å². The normalized spacial score (nSPS) is 11.1. The van der Waals surface area contributed by atoms with Crippen LogP contribution < -0.4 is 4.74 Å². The van der Waals surface area contributed by atoms with Gasteiger partial charge in [-0.3, -0.25) is 0 Å². The van der Waals surface area contributed by atoms with Crippen LogP contribution in [0.15, 0.2) is 83.3 Å². The van der Waals surface area contributed by atoms with Crippen molar-refractivity contribution in [2.45, 2.75) is 13.0 Å². The van der Waals surface area contributed by atoms with Gasteiger partial charge in [0.1, 0.15) is 18.1 Å². The van der Waals surface area contributed by atoms with Crippen LogP contribution in [0.2, 0.25) is 0 Å². The van der Waals surface area contributed by atoms with E-state index in [4.69, 9.17) is 14.1 Å². The molecule has 0 aliphatic carbocycles. The molecule has 0 unspecified atom stereocenters. The summed E-state index contributed by atoms with van der Waals surface area (Å²) in [6.07, 6.45) is 0.731. The van der Waals surface area contributed by atoms with Crippen LogP contribution in [0.1, 0.15) is 17.3 Å². The standard InChI is InChI=1S/C24H20N4O2/c1-29-19-13-11-18(12-14-19)24-27-26-23(30-24)16-28-21-10-6-5-9-20(21)25-22(28)15-17-7-3-2-4-8-17/h2-14H,15-16H2,1H3. The first-order valence-corrected chi connectivity index (χ1v) is 9.75. The monoisotopic (exact) mass is 396 g/mol. The predicted molar refractivity (Wildman–Crippen MR) is 114 cm³/mol. The summed E-state index contributed by atoms with van der Waals surface area (Å²) in [6.45, 7) is 0.464. The quantitative estimate of drug-likeness (QED) is 0.415. The summed E-state index contributed by atoms with van der Waals surface area (Å²) >= 11 is 0. The van der Waals surface area contributed by atoms with Crippen molar-refractivity contribution in [3.63, 3.8) is 0 Å².